The molecule has 2 rings (SSSR count). The molecule has 0 spiro atoms. The normalized spacial score (nSPS) is 30.4. The maximum Gasteiger partial charge on any atom is 0.107 e. The van der Waals surface area contributed by atoms with Crippen LogP contribution < -0.4 is 5.73 Å². The highest BCUT2D eigenvalue weighted by molar-refractivity contribution is 9.10. The summed E-state index contributed by atoms with van der Waals surface area (Å²) in [6, 6.07) is 1.92. The van der Waals surface area contributed by atoms with E-state index >= 15 is 0 Å². The molecule has 0 aliphatic heterocycles. The Morgan fingerprint density at radius 3 is 2.67 bits per heavy atom. The van der Waals surface area contributed by atoms with Crippen molar-refractivity contribution < 1.29 is 5.11 Å². The Balaban J connectivity index is 2.22. The molecule has 102 valence electrons. The van der Waals surface area contributed by atoms with Crippen molar-refractivity contribution in [3.63, 3.8) is 0 Å². The standard InChI is InChI=1S/C13H19BrClNOS/c1-8-2-4-13(7-16,5-3-8)11(17)10-6-9(14)12(15)18-10/h6,8,11,17H,2-5,7,16H2,1H3. The Kier molecular flexibility index (Phi) is 4.76. The van der Waals surface area contributed by atoms with Gasteiger partial charge in [-0.3, -0.25) is 0 Å². The molecule has 1 saturated carbocycles. The molecular weight excluding hydrogens is 334 g/mol. The molecule has 0 saturated heterocycles. The van der Waals surface area contributed by atoms with Gasteiger partial charge in [-0.15, -0.1) is 11.3 Å². The molecule has 1 aromatic heterocycles. The summed E-state index contributed by atoms with van der Waals surface area (Å²) in [5, 5.41) is 10.7. The van der Waals surface area contributed by atoms with Crippen molar-refractivity contribution in [3.8, 4) is 0 Å². The summed E-state index contributed by atoms with van der Waals surface area (Å²) in [6.45, 7) is 2.81. The van der Waals surface area contributed by atoms with Crippen molar-refractivity contribution in [2.75, 3.05) is 6.54 Å². The van der Waals surface area contributed by atoms with Crippen molar-refractivity contribution in [3.05, 3.63) is 19.8 Å². The van der Waals surface area contributed by atoms with E-state index in [9.17, 15) is 5.11 Å². The topological polar surface area (TPSA) is 46.2 Å². The second-order valence-corrected chi connectivity index (χ2v) is 7.96. The average Bonchev–Trinajstić information content (AvgIpc) is 2.70. The van der Waals surface area contributed by atoms with Crippen LogP contribution >= 0.6 is 38.9 Å². The summed E-state index contributed by atoms with van der Waals surface area (Å²) in [5.41, 5.74) is 5.80. The van der Waals surface area contributed by atoms with Crippen LogP contribution in [0.15, 0.2) is 10.5 Å². The average molecular weight is 353 g/mol. The Morgan fingerprint density at radius 1 is 1.61 bits per heavy atom. The van der Waals surface area contributed by atoms with E-state index in [1.54, 1.807) is 0 Å². The van der Waals surface area contributed by atoms with E-state index in [0.717, 1.165) is 41.0 Å². The number of hydrogen-bond acceptors (Lipinski definition) is 3. The molecule has 2 nitrogen and oxygen atoms in total. The highest BCUT2D eigenvalue weighted by Gasteiger charge is 2.40. The zero-order chi connectivity index (χ0) is 13.3. The highest BCUT2D eigenvalue weighted by Crippen LogP contribution is 2.49. The highest BCUT2D eigenvalue weighted by atomic mass is 79.9. The minimum atomic E-state index is -0.496. The van der Waals surface area contributed by atoms with Crippen molar-refractivity contribution >= 4 is 38.9 Å². The molecule has 18 heavy (non-hydrogen) atoms. The minimum absolute atomic E-state index is 0.167. The molecule has 1 unspecified atom stereocenters. The van der Waals surface area contributed by atoms with Crippen LogP contribution in [-0.4, -0.2) is 11.7 Å². The molecular formula is C13H19BrClNOS. The smallest absolute Gasteiger partial charge is 0.107 e. The fraction of sp³-hybridized carbons (Fsp3) is 0.692. The summed E-state index contributed by atoms with van der Waals surface area (Å²) >= 11 is 10.9. The fourth-order valence-corrected chi connectivity index (χ4v) is 4.59. The van der Waals surface area contributed by atoms with Crippen molar-refractivity contribution in [1.82, 2.24) is 0 Å². The summed E-state index contributed by atoms with van der Waals surface area (Å²) < 4.78 is 1.56. The molecule has 1 aliphatic rings. The van der Waals surface area contributed by atoms with E-state index < -0.39 is 6.10 Å². The number of aliphatic hydroxyl groups excluding tert-OH is 1. The van der Waals surface area contributed by atoms with E-state index in [2.05, 4.69) is 22.9 Å². The van der Waals surface area contributed by atoms with Gasteiger partial charge in [0.1, 0.15) is 4.34 Å². The van der Waals surface area contributed by atoms with E-state index in [4.69, 9.17) is 17.3 Å². The second-order valence-electron chi connectivity index (χ2n) is 5.42. The van der Waals surface area contributed by atoms with Crippen LogP contribution in [0.3, 0.4) is 0 Å². The molecule has 0 aromatic carbocycles. The molecule has 0 amide bonds. The van der Waals surface area contributed by atoms with Gasteiger partial charge < -0.3 is 10.8 Å². The summed E-state index contributed by atoms with van der Waals surface area (Å²) in [7, 11) is 0. The molecule has 1 fully saturated rings. The zero-order valence-corrected chi connectivity index (χ0v) is 13.6. The van der Waals surface area contributed by atoms with Gasteiger partial charge in [-0.1, -0.05) is 31.4 Å². The first kappa shape index (κ1) is 14.8. The van der Waals surface area contributed by atoms with Gasteiger partial charge in [0.25, 0.3) is 0 Å². The largest absolute Gasteiger partial charge is 0.387 e. The third-order valence-corrected chi connectivity index (χ3v) is 6.72. The number of halogens is 2. The Hall–Kier alpha value is 0.390. The van der Waals surface area contributed by atoms with Gasteiger partial charge >= 0.3 is 0 Å². The molecule has 0 bridgehead atoms. The monoisotopic (exact) mass is 351 g/mol. The minimum Gasteiger partial charge on any atom is -0.387 e. The molecule has 1 atom stereocenters. The van der Waals surface area contributed by atoms with Crippen LogP contribution in [-0.2, 0) is 0 Å². The van der Waals surface area contributed by atoms with E-state index in [-0.39, 0.29) is 5.41 Å². The first-order valence-corrected chi connectivity index (χ1v) is 8.30. The third-order valence-electron chi connectivity index (χ3n) is 4.19. The van der Waals surface area contributed by atoms with Gasteiger partial charge in [0.05, 0.1) is 6.10 Å². The summed E-state index contributed by atoms with van der Waals surface area (Å²) in [6.07, 6.45) is 3.80. The predicted octanol–water partition coefficient (Wildman–Crippen LogP) is 4.35. The fourth-order valence-electron chi connectivity index (χ4n) is 2.73. The van der Waals surface area contributed by atoms with Gasteiger partial charge in [0.2, 0.25) is 0 Å². The number of thiophene rings is 1. The van der Waals surface area contributed by atoms with Crippen LogP contribution in [0.1, 0.15) is 43.6 Å². The lowest BCUT2D eigenvalue weighted by atomic mass is 9.67. The molecule has 1 aliphatic carbocycles. The first-order chi connectivity index (χ1) is 8.48. The quantitative estimate of drug-likeness (QED) is 0.849. The Morgan fingerprint density at radius 2 is 2.22 bits per heavy atom. The number of rotatable bonds is 3. The van der Waals surface area contributed by atoms with Crippen LogP contribution in [0.2, 0.25) is 4.34 Å². The number of nitrogens with two attached hydrogens (primary N) is 1. The van der Waals surface area contributed by atoms with Crippen molar-refractivity contribution in [1.29, 1.82) is 0 Å². The Labute approximate surface area is 126 Å². The second kappa shape index (κ2) is 5.80. The SMILES string of the molecule is CC1CCC(CN)(C(O)c2cc(Br)c(Cl)s2)CC1. The van der Waals surface area contributed by atoms with Gasteiger partial charge in [-0.25, -0.2) is 0 Å². The first-order valence-electron chi connectivity index (χ1n) is 6.31. The zero-order valence-electron chi connectivity index (χ0n) is 10.5. The summed E-state index contributed by atoms with van der Waals surface area (Å²) in [5.74, 6) is 0.746. The maximum atomic E-state index is 10.7. The Bertz CT molecular complexity index is 396. The van der Waals surface area contributed by atoms with Crippen LogP contribution in [0.4, 0.5) is 0 Å². The van der Waals surface area contributed by atoms with E-state index in [0.29, 0.717) is 10.9 Å². The molecule has 3 N–H and O–H groups in total. The van der Waals surface area contributed by atoms with Gasteiger partial charge in [0.15, 0.2) is 0 Å². The van der Waals surface area contributed by atoms with E-state index in [1.807, 2.05) is 6.07 Å². The van der Waals surface area contributed by atoms with Crippen molar-refractivity contribution in [2.24, 2.45) is 17.1 Å². The lowest BCUT2D eigenvalue weighted by Gasteiger charge is -2.41. The van der Waals surface area contributed by atoms with Gasteiger partial charge in [0, 0.05) is 21.3 Å². The van der Waals surface area contributed by atoms with Crippen LogP contribution in [0, 0.1) is 11.3 Å². The van der Waals surface area contributed by atoms with Crippen molar-refractivity contribution in [2.45, 2.75) is 38.7 Å². The molecule has 5 heteroatoms. The predicted molar refractivity (Wildman–Crippen MR) is 81.1 cm³/mol. The molecule has 1 heterocycles. The summed E-state index contributed by atoms with van der Waals surface area (Å²) in [4.78, 5) is 0.923. The lowest BCUT2D eigenvalue weighted by Crippen LogP contribution is -2.39. The van der Waals surface area contributed by atoms with Crippen LogP contribution in [0.25, 0.3) is 0 Å². The molecule has 1 aromatic rings. The van der Waals surface area contributed by atoms with Gasteiger partial charge in [-0.2, -0.15) is 0 Å². The van der Waals surface area contributed by atoms with E-state index in [1.165, 1.54) is 11.3 Å². The number of aliphatic hydroxyl groups is 1. The lowest BCUT2D eigenvalue weighted by molar-refractivity contribution is -0.00592. The van der Waals surface area contributed by atoms with Gasteiger partial charge in [-0.05, 0) is 40.8 Å². The van der Waals surface area contributed by atoms with Crippen LogP contribution in [0.5, 0.6) is 0 Å². The third kappa shape index (κ3) is 2.78. The number of hydrogen-bond donors (Lipinski definition) is 2. The maximum absolute atomic E-state index is 10.7. The molecule has 0 radical (unpaired) electrons.